The van der Waals surface area contributed by atoms with Gasteiger partial charge in [0.1, 0.15) is 28.5 Å². The Bertz CT molecular complexity index is 818. The molecule has 0 saturated carbocycles. The fourth-order valence-electron chi connectivity index (χ4n) is 2.11. The average Bonchev–Trinajstić information content (AvgIpc) is 2.55. The van der Waals surface area contributed by atoms with Crippen LogP contribution in [0.25, 0.3) is 0 Å². The van der Waals surface area contributed by atoms with Crippen LogP contribution in [0.1, 0.15) is 43.5 Å². The number of nitriles is 1. The van der Waals surface area contributed by atoms with Gasteiger partial charge in [0.15, 0.2) is 0 Å². The molecule has 0 bridgehead atoms. The topological polar surface area (TPSA) is 58.9 Å². The molecule has 2 rings (SSSR count). The van der Waals surface area contributed by atoms with Gasteiger partial charge in [0, 0.05) is 11.4 Å². The first-order chi connectivity index (χ1) is 11.6. The molecule has 0 fully saturated rings. The molecule has 0 spiro atoms. The number of benzene rings is 2. The number of halogens is 3. The van der Waals surface area contributed by atoms with Gasteiger partial charge >= 0.3 is 0 Å². The maximum atomic E-state index is 13.6. The number of nitrogens with one attached hydrogen (secondary N) is 1. The van der Waals surface area contributed by atoms with E-state index >= 15 is 0 Å². The van der Waals surface area contributed by atoms with Crippen molar-refractivity contribution in [3.63, 3.8) is 0 Å². The van der Waals surface area contributed by atoms with Crippen LogP contribution in [0.4, 0.5) is 8.78 Å². The van der Waals surface area contributed by atoms with Crippen LogP contribution >= 0.6 is 11.6 Å². The standard InChI is InChI=1S/C18H17ClF2N2OS/c1-18(2,3)25(24)23-17(12-5-7-16(21)14(19)9-12)11-4-6-15(20)13(8-11)10-22/h4-9,17,23H,1-3H3. The van der Waals surface area contributed by atoms with E-state index in [0.29, 0.717) is 11.1 Å². The van der Waals surface area contributed by atoms with Crippen molar-refractivity contribution >= 4 is 23.0 Å². The lowest BCUT2D eigenvalue weighted by molar-refractivity contribution is 0.535. The summed E-state index contributed by atoms with van der Waals surface area (Å²) in [5, 5.41) is 8.97. The quantitative estimate of drug-likeness (QED) is 0.784. The van der Waals surface area contributed by atoms with Crippen LogP contribution in [-0.2, 0) is 11.4 Å². The Labute approximate surface area is 153 Å². The lowest BCUT2D eigenvalue weighted by atomic mass is 9.98. The summed E-state index contributed by atoms with van der Waals surface area (Å²) in [5.41, 5.74) is 0.955. The van der Waals surface area contributed by atoms with Gasteiger partial charge in [-0.2, -0.15) is 5.26 Å². The molecule has 0 aliphatic rings. The maximum absolute atomic E-state index is 13.6. The Kier molecular flexibility index (Phi) is 6.07. The minimum Gasteiger partial charge on any atom is -0.598 e. The first kappa shape index (κ1) is 19.7. The van der Waals surface area contributed by atoms with Crippen LogP contribution < -0.4 is 4.72 Å². The Balaban J connectivity index is 2.52. The molecule has 3 nitrogen and oxygen atoms in total. The largest absolute Gasteiger partial charge is 0.598 e. The summed E-state index contributed by atoms with van der Waals surface area (Å²) >= 11 is 4.41. The highest BCUT2D eigenvalue weighted by Crippen LogP contribution is 2.29. The van der Waals surface area contributed by atoms with Crippen LogP contribution in [0.3, 0.4) is 0 Å². The molecular weight excluding hydrogens is 366 g/mol. The Morgan fingerprint density at radius 1 is 1.12 bits per heavy atom. The third-order valence-electron chi connectivity index (χ3n) is 3.50. The molecule has 0 aliphatic heterocycles. The van der Waals surface area contributed by atoms with Crippen molar-refractivity contribution in [2.75, 3.05) is 0 Å². The van der Waals surface area contributed by atoms with Gasteiger partial charge in [-0.1, -0.05) is 23.7 Å². The van der Waals surface area contributed by atoms with E-state index in [-0.39, 0.29) is 10.6 Å². The molecule has 25 heavy (non-hydrogen) atoms. The molecule has 0 amide bonds. The lowest BCUT2D eigenvalue weighted by Crippen LogP contribution is -2.41. The van der Waals surface area contributed by atoms with Crippen LogP contribution in [0.5, 0.6) is 0 Å². The van der Waals surface area contributed by atoms with Gasteiger partial charge in [0.05, 0.1) is 10.6 Å². The van der Waals surface area contributed by atoms with Gasteiger partial charge in [-0.3, -0.25) is 0 Å². The van der Waals surface area contributed by atoms with Gasteiger partial charge < -0.3 is 4.55 Å². The predicted octanol–water partition coefficient (Wildman–Crippen LogP) is 4.63. The lowest BCUT2D eigenvalue weighted by Gasteiger charge is -2.28. The molecule has 0 saturated heterocycles. The number of hydrogen-bond donors (Lipinski definition) is 1. The van der Waals surface area contributed by atoms with E-state index in [9.17, 15) is 13.3 Å². The first-order valence-corrected chi connectivity index (χ1v) is 8.99. The summed E-state index contributed by atoms with van der Waals surface area (Å²) in [6.07, 6.45) is 0. The van der Waals surface area contributed by atoms with Gasteiger partial charge in [0.25, 0.3) is 0 Å². The van der Waals surface area contributed by atoms with E-state index in [1.54, 1.807) is 26.8 Å². The molecule has 2 unspecified atom stereocenters. The molecule has 7 heteroatoms. The monoisotopic (exact) mass is 382 g/mol. The minimum absolute atomic E-state index is 0.0755. The molecule has 0 radical (unpaired) electrons. The maximum Gasteiger partial charge on any atom is 0.141 e. The summed E-state index contributed by atoms with van der Waals surface area (Å²) in [6.45, 7) is 5.41. The molecule has 2 atom stereocenters. The summed E-state index contributed by atoms with van der Waals surface area (Å²) in [6, 6.07) is 9.32. The second-order valence-corrected chi connectivity index (χ2v) is 8.86. The Morgan fingerprint density at radius 3 is 2.20 bits per heavy atom. The van der Waals surface area contributed by atoms with E-state index in [1.807, 2.05) is 0 Å². The summed E-state index contributed by atoms with van der Waals surface area (Å²) in [5.74, 6) is -1.21. The van der Waals surface area contributed by atoms with Crippen molar-refractivity contribution in [3.05, 3.63) is 69.7 Å². The fraction of sp³-hybridized carbons (Fsp3) is 0.278. The molecule has 0 aliphatic carbocycles. The van der Waals surface area contributed by atoms with E-state index in [2.05, 4.69) is 4.72 Å². The second kappa shape index (κ2) is 7.71. The molecule has 0 heterocycles. The first-order valence-electron chi connectivity index (χ1n) is 7.46. The zero-order valence-corrected chi connectivity index (χ0v) is 15.5. The third-order valence-corrected chi connectivity index (χ3v) is 5.35. The predicted molar refractivity (Wildman–Crippen MR) is 95.4 cm³/mol. The summed E-state index contributed by atoms with van der Waals surface area (Å²) < 4.78 is 42.1. The van der Waals surface area contributed by atoms with Crippen LogP contribution in [-0.4, -0.2) is 9.30 Å². The van der Waals surface area contributed by atoms with Crippen LogP contribution in [0.2, 0.25) is 5.02 Å². The summed E-state index contributed by atoms with van der Waals surface area (Å²) in [4.78, 5) is 0. The highest BCUT2D eigenvalue weighted by Gasteiger charge is 2.31. The molecule has 1 N–H and O–H groups in total. The van der Waals surface area contributed by atoms with Crippen molar-refractivity contribution in [1.29, 1.82) is 5.26 Å². The normalized spacial score (nSPS) is 14.0. The molecule has 0 aromatic heterocycles. The van der Waals surface area contributed by atoms with Crippen molar-refractivity contribution < 1.29 is 13.3 Å². The van der Waals surface area contributed by atoms with Gasteiger partial charge in [-0.15, -0.1) is 4.72 Å². The Morgan fingerprint density at radius 2 is 1.68 bits per heavy atom. The number of hydrogen-bond acceptors (Lipinski definition) is 3. The molecule has 2 aromatic carbocycles. The van der Waals surface area contributed by atoms with Gasteiger partial charge in [-0.25, -0.2) is 8.78 Å². The van der Waals surface area contributed by atoms with Gasteiger partial charge in [0.2, 0.25) is 0 Å². The summed E-state index contributed by atoms with van der Waals surface area (Å²) in [7, 11) is 0. The SMILES string of the molecule is CC(C)(C)[S+]([O-])NC(c1ccc(F)c(Cl)c1)c1ccc(F)c(C#N)c1. The van der Waals surface area contributed by atoms with Crippen LogP contribution in [0, 0.1) is 23.0 Å². The number of nitrogens with zero attached hydrogens (tertiary/aromatic N) is 1. The van der Waals surface area contributed by atoms with Crippen molar-refractivity contribution in [3.8, 4) is 6.07 Å². The van der Waals surface area contributed by atoms with E-state index < -0.39 is 33.8 Å². The molecule has 132 valence electrons. The Hall–Kier alpha value is -1.65. The van der Waals surface area contributed by atoms with Gasteiger partial charge in [-0.05, 0) is 56.2 Å². The fourth-order valence-corrected chi connectivity index (χ4v) is 3.14. The smallest absolute Gasteiger partial charge is 0.141 e. The van der Waals surface area contributed by atoms with E-state index in [1.165, 1.54) is 36.4 Å². The van der Waals surface area contributed by atoms with Crippen molar-refractivity contribution in [2.45, 2.75) is 31.6 Å². The second-order valence-electron chi connectivity index (χ2n) is 6.46. The molecular formula is C18H17ClF2N2OS. The number of rotatable bonds is 4. The zero-order chi connectivity index (χ0) is 18.8. The minimum atomic E-state index is -1.46. The highest BCUT2D eigenvalue weighted by atomic mass is 35.5. The van der Waals surface area contributed by atoms with E-state index in [4.69, 9.17) is 16.9 Å². The average molecular weight is 383 g/mol. The van der Waals surface area contributed by atoms with Crippen LogP contribution in [0.15, 0.2) is 36.4 Å². The zero-order valence-electron chi connectivity index (χ0n) is 13.9. The molecule has 2 aromatic rings. The van der Waals surface area contributed by atoms with Crippen molar-refractivity contribution in [1.82, 2.24) is 4.72 Å². The van der Waals surface area contributed by atoms with Crippen molar-refractivity contribution in [2.24, 2.45) is 0 Å². The third kappa shape index (κ3) is 4.71. The highest BCUT2D eigenvalue weighted by molar-refractivity contribution is 7.90. The van der Waals surface area contributed by atoms with E-state index in [0.717, 1.165) is 0 Å².